The van der Waals surface area contributed by atoms with E-state index >= 15 is 0 Å². The third-order valence-corrected chi connectivity index (χ3v) is 5.73. The summed E-state index contributed by atoms with van der Waals surface area (Å²) < 4.78 is 37.8. The molecule has 2 aromatic carbocycles. The first-order valence-corrected chi connectivity index (χ1v) is 9.38. The second-order valence-electron chi connectivity index (χ2n) is 5.01. The summed E-state index contributed by atoms with van der Waals surface area (Å²) >= 11 is 11.6. The van der Waals surface area contributed by atoms with E-state index < -0.39 is 21.6 Å². The summed E-state index contributed by atoms with van der Waals surface area (Å²) in [5.41, 5.74) is 0.332. The Morgan fingerprint density at radius 1 is 1.08 bits per heavy atom. The molecule has 0 aliphatic carbocycles. The number of carbonyl (C=O) groups is 1. The van der Waals surface area contributed by atoms with Crippen molar-refractivity contribution in [2.75, 3.05) is 5.75 Å². The number of benzene rings is 2. The Kier molecular flexibility index (Phi) is 6.21. The van der Waals surface area contributed by atoms with Gasteiger partial charge in [-0.25, -0.2) is 12.8 Å². The summed E-state index contributed by atoms with van der Waals surface area (Å²) in [5, 5.41) is 2.87. The van der Waals surface area contributed by atoms with E-state index in [9.17, 15) is 17.6 Å². The Bertz CT molecular complexity index is 856. The van der Waals surface area contributed by atoms with Gasteiger partial charge in [0.25, 0.3) is 0 Å². The molecule has 1 amide bonds. The van der Waals surface area contributed by atoms with Crippen LogP contribution in [0.5, 0.6) is 0 Å². The van der Waals surface area contributed by atoms with E-state index in [0.717, 1.165) is 0 Å². The summed E-state index contributed by atoms with van der Waals surface area (Å²) in [7, 11) is -3.66. The van der Waals surface area contributed by atoms with Crippen molar-refractivity contribution in [2.24, 2.45) is 0 Å². The van der Waals surface area contributed by atoms with Crippen LogP contribution in [0.2, 0.25) is 10.0 Å². The molecule has 0 fully saturated rings. The van der Waals surface area contributed by atoms with E-state index in [1.807, 2.05) is 0 Å². The monoisotopic (exact) mass is 389 g/mol. The number of rotatable bonds is 6. The quantitative estimate of drug-likeness (QED) is 0.820. The van der Waals surface area contributed by atoms with Crippen molar-refractivity contribution >= 4 is 38.9 Å². The van der Waals surface area contributed by atoms with Gasteiger partial charge in [0.2, 0.25) is 5.91 Å². The molecule has 0 bridgehead atoms. The van der Waals surface area contributed by atoms with Gasteiger partial charge in [0.15, 0.2) is 9.84 Å². The van der Waals surface area contributed by atoms with Crippen LogP contribution >= 0.6 is 23.2 Å². The normalized spacial score (nSPS) is 11.3. The minimum Gasteiger partial charge on any atom is -0.352 e. The smallest absolute Gasteiger partial charge is 0.221 e. The highest BCUT2D eigenvalue weighted by Gasteiger charge is 2.17. The zero-order chi connectivity index (χ0) is 17.7. The summed E-state index contributed by atoms with van der Waals surface area (Å²) in [5.74, 6) is -1.29. The fraction of sp³-hybridized carbons (Fsp3) is 0.188. The van der Waals surface area contributed by atoms with Gasteiger partial charge in [0.1, 0.15) is 5.82 Å². The number of amides is 1. The maximum absolute atomic E-state index is 13.4. The van der Waals surface area contributed by atoms with E-state index in [-0.39, 0.29) is 33.7 Å². The van der Waals surface area contributed by atoms with Gasteiger partial charge in [-0.3, -0.25) is 4.79 Å². The van der Waals surface area contributed by atoms with Crippen molar-refractivity contribution in [2.45, 2.75) is 17.9 Å². The molecule has 0 saturated carbocycles. The average molecular weight is 390 g/mol. The number of hydrogen-bond donors (Lipinski definition) is 1. The molecule has 0 spiro atoms. The Balaban J connectivity index is 1.93. The van der Waals surface area contributed by atoms with Gasteiger partial charge < -0.3 is 5.32 Å². The zero-order valence-electron chi connectivity index (χ0n) is 12.4. The fourth-order valence-corrected chi connectivity index (χ4v) is 3.56. The van der Waals surface area contributed by atoms with E-state index in [1.54, 1.807) is 18.2 Å². The van der Waals surface area contributed by atoms with Crippen molar-refractivity contribution in [3.8, 4) is 0 Å². The lowest BCUT2D eigenvalue weighted by Gasteiger charge is -2.08. The maximum Gasteiger partial charge on any atom is 0.221 e. The van der Waals surface area contributed by atoms with Gasteiger partial charge in [-0.05, 0) is 24.3 Å². The molecule has 0 aliphatic rings. The van der Waals surface area contributed by atoms with E-state index in [4.69, 9.17) is 23.2 Å². The first-order chi connectivity index (χ1) is 11.3. The molecule has 0 aromatic heterocycles. The van der Waals surface area contributed by atoms with E-state index in [1.165, 1.54) is 24.3 Å². The number of sulfone groups is 1. The summed E-state index contributed by atoms with van der Waals surface area (Å²) in [6.45, 7) is -0.00166. The topological polar surface area (TPSA) is 63.2 Å². The molecule has 1 N–H and O–H groups in total. The minimum atomic E-state index is -3.66. The third kappa shape index (κ3) is 4.93. The standard InChI is InChI=1S/C16H14Cl2FNO3S/c17-13-6-5-12(9-14(13)18)24(22,23)8-7-16(21)20-10-11-3-1-2-4-15(11)19/h1-6,9H,7-8,10H2,(H,20,21). The van der Waals surface area contributed by atoms with Crippen LogP contribution in [0, 0.1) is 5.82 Å². The van der Waals surface area contributed by atoms with Crippen molar-refractivity contribution in [3.05, 3.63) is 63.9 Å². The Morgan fingerprint density at radius 3 is 2.46 bits per heavy atom. The lowest BCUT2D eigenvalue weighted by atomic mass is 10.2. The SMILES string of the molecule is O=C(CCS(=O)(=O)c1ccc(Cl)c(Cl)c1)NCc1ccccc1F. The van der Waals surface area contributed by atoms with Crippen molar-refractivity contribution < 1.29 is 17.6 Å². The molecule has 8 heteroatoms. The van der Waals surface area contributed by atoms with Crippen LogP contribution in [-0.2, 0) is 21.2 Å². The van der Waals surface area contributed by atoms with Gasteiger partial charge >= 0.3 is 0 Å². The molecule has 0 aliphatic heterocycles. The zero-order valence-corrected chi connectivity index (χ0v) is 14.8. The fourth-order valence-electron chi connectivity index (χ4n) is 1.94. The molecule has 0 atom stereocenters. The maximum atomic E-state index is 13.4. The molecule has 2 aromatic rings. The molecule has 0 radical (unpaired) electrons. The second-order valence-corrected chi connectivity index (χ2v) is 7.94. The van der Waals surface area contributed by atoms with Gasteiger partial charge in [0, 0.05) is 18.5 Å². The Hall–Kier alpha value is -1.63. The highest BCUT2D eigenvalue weighted by atomic mass is 35.5. The number of carbonyl (C=O) groups excluding carboxylic acids is 1. The van der Waals surface area contributed by atoms with E-state index in [0.29, 0.717) is 5.56 Å². The Labute approximate surface area is 149 Å². The van der Waals surface area contributed by atoms with Gasteiger partial charge in [0.05, 0.1) is 20.7 Å². The van der Waals surface area contributed by atoms with Crippen molar-refractivity contribution in [1.29, 1.82) is 0 Å². The van der Waals surface area contributed by atoms with Crippen LogP contribution in [0.3, 0.4) is 0 Å². The molecule has 24 heavy (non-hydrogen) atoms. The van der Waals surface area contributed by atoms with E-state index in [2.05, 4.69) is 5.32 Å². The molecular formula is C16H14Cl2FNO3S. The molecule has 0 saturated heterocycles. The van der Waals surface area contributed by atoms with Gasteiger partial charge in [-0.2, -0.15) is 0 Å². The van der Waals surface area contributed by atoms with Crippen molar-refractivity contribution in [3.63, 3.8) is 0 Å². The molecule has 128 valence electrons. The Morgan fingerprint density at radius 2 is 1.79 bits per heavy atom. The van der Waals surface area contributed by atoms with Gasteiger partial charge in [-0.1, -0.05) is 41.4 Å². The second kappa shape index (κ2) is 7.96. The molecular weight excluding hydrogens is 376 g/mol. The largest absolute Gasteiger partial charge is 0.352 e. The van der Waals surface area contributed by atoms with Crippen LogP contribution < -0.4 is 5.32 Å². The molecule has 2 rings (SSSR count). The number of nitrogens with one attached hydrogen (secondary N) is 1. The highest BCUT2D eigenvalue weighted by molar-refractivity contribution is 7.91. The summed E-state index contributed by atoms with van der Waals surface area (Å²) in [6, 6.07) is 9.99. The number of halogens is 3. The predicted molar refractivity (Wildman–Crippen MR) is 91.4 cm³/mol. The lowest BCUT2D eigenvalue weighted by molar-refractivity contribution is -0.120. The lowest BCUT2D eigenvalue weighted by Crippen LogP contribution is -2.25. The van der Waals surface area contributed by atoms with Crippen LogP contribution in [0.25, 0.3) is 0 Å². The first kappa shape index (κ1) is 18.7. The highest BCUT2D eigenvalue weighted by Crippen LogP contribution is 2.25. The predicted octanol–water partition coefficient (Wildman–Crippen LogP) is 3.61. The number of hydrogen-bond acceptors (Lipinski definition) is 3. The summed E-state index contributed by atoms with van der Waals surface area (Å²) in [4.78, 5) is 11.8. The minimum absolute atomic E-state index is 0.00111. The van der Waals surface area contributed by atoms with Crippen LogP contribution in [-0.4, -0.2) is 20.1 Å². The van der Waals surface area contributed by atoms with Crippen LogP contribution in [0.15, 0.2) is 47.4 Å². The first-order valence-electron chi connectivity index (χ1n) is 6.97. The van der Waals surface area contributed by atoms with Gasteiger partial charge in [-0.15, -0.1) is 0 Å². The third-order valence-electron chi connectivity index (χ3n) is 3.28. The average Bonchev–Trinajstić information content (AvgIpc) is 2.54. The summed E-state index contributed by atoms with van der Waals surface area (Å²) in [6.07, 6.45) is -0.239. The molecule has 0 heterocycles. The molecule has 4 nitrogen and oxygen atoms in total. The van der Waals surface area contributed by atoms with Crippen LogP contribution in [0.4, 0.5) is 4.39 Å². The van der Waals surface area contributed by atoms with Crippen LogP contribution in [0.1, 0.15) is 12.0 Å². The molecule has 0 unspecified atom stereocenters. The van der Waals surface area contributed by atoms with Crippen molar-refractivity contribution in [1.82, 2.24) is 5.32 Å².